The van der Waals surface area contributed by atoms with Crippen LogP contribution in [0, 0.1) is 0 Å². The van der Waals surface area contributed by atoms with E-state index in [4.69, 9.17) is 16.7 Å². The fourth-order valence-electron chi connectivity index (χ4n) is 2.18. The van der Waals surface area contributed by atoms with Gasteiger partial charge in [0.2, 0.25) is 0 Å². The number of carboxylic acids is 1. The Morgan fingerprint density at radius 3 is 2.38 bits per heavy atom. The number of halogens is 1. The fourth-order valence-corrected chi connectivity index (χ4v) is 3.24. The molecule has 5 nitrogen and oxygen atoms in total. The molecule has 7 heteroatoms. The maximum Gasteiger partial charge on any atom is 0.335 e. The van der Waals surface area contributed by atoms with Gasteiger partial charge in [0, 0.05) is 0 Å². The van der Waals surface area contributed by atoms with E-state index in [1.165, 1.54) is 12.1 Å². The molecule has 0 bridgehead atoms. The standard InChI is InChI=1S/C17H10ClNO4S/c18-12-3-1-2-4-13(12)19-15(20)14(24-17(19)23)9-10-5-7-11(8-6-10)16(21)22/h1-9H,(H,21,22)/b14-9+. The van der Waals surface area contributed by atoms with Crippen LogP contribution in [0.1, 0.15) is 15.9 Å². The first-order valence-corrected chi connectivity index (χ1v) is 8.02. The van der Waals surface area contributed by atoms with Crippen LogP contribution in [0.5, 0.6) is 0 Å². The number of imide groups is 1. The van der Waals surface area contributed by atoms with E-state index in [9.17, 15) is 14.4 Å². The Labute approximate surface area is 146 Å². The minimum atomic E-state index is -1.03. The third kappa shape index (κ3) is 3.06. The third-order valence-electron chi connectivity index (χ3n) is 3.34. The molecule has 1 fully saturated rings. The van der Waals surface area contributed by atoms with Crippen LogP contribution in [-0.2, 0) is 4.79 Å². The van der Waals surface area contributed by atoms with Gasteiger partial charge < -0.3 is 5.11 Å². The van der Waals surface area contributed by atoms with Crippen LogP contribution in [0.4, 0.5) is 10.5 Å². The second-order valence-electron chi connectivity index (χ2n) is 4.90. The fraction of sp³-hybridized carbons (Fsp3) is 0. The number of thioether (sulfide) groups is 1. The Morgan fingerprint density at radius 2 is 1.75 bits per heavy atom. The van der Waals surface area contributed by atoms with Gasteiger partial charge >= 0.3 is 5.97 Å². The smallest absolute Gasteiger partial charge is 0.335 e. The summed E-state index contributed by atoms with van der Waals surface area (Å²) in [6.45, 7) is 0. The predicted molar refractivity (Wildman–Crippen MR) is 93.3 cm³/mol. The lowest BCUT2D eigenvalue weighted by Crippen LogP contribution is -2.27. The molecule has 2 aromatic carbocycles. The zero-order valence-corrected chi connectivity index (χ0v) is 13.7. The van der Waals surface area contributed by atoms with Gasteiger partial charge in [-0.25, -0.2) is 9.69 Å². The molecule has 1 aliphatic heterocycles. The van der Waals surface area contributed by atoms with Crippen molar-refractivity contribution in [3.8, 4) is 0 Å². The number of hydrogen-bond acceptors (Lipinski definition) is 4. The largest absolute Gasteiger partial charge is 0.478 e. The van der Waals surface area contributed by atoms with Gasteiger partial charge in [-0.1, -0.05) is 35.9 Å². The number of carboxylic acid groups (broad SMARTS) is 1. The first-order valence-electron chi connectivity index (χ1n) is 6.83. The Bertz CT molecular complexity index is 876. The first kappa shape index (κ1) is 16.3. The van der Waals surface area contributed by atoms with E-state index in [-0.39, 0.29) is 10.5 Å². The van der Waals surface area contributed by atoms with Crippen molar-refractivity contribution in [1.82, 2.24) is 0 Å². The number of carbonyl (C=O) groups is 3. The maximum atomic E-state index is 12.5. The Kier molecular flexibility index (Phi) is 4.42. The van der Waals surface area contributed by atoms with E-state index in [2.05, 4.69) is 0 Å². The van der Waals surface area contributed by atoms with Crippen molar-refractivity contribution in [2.45, 2.75) is 0 Å². The number of hydrogen-bond donors (Lipinski definition) is 1. The van der Waals surface area contributed by atoms with Crippen molar-refractivity contribution < 1.29 is 19.5 Å². The van der Waals surface area contributed by atoms with E-state index in [0.717, 1.165) is 16.7 Å². The average Bonchev–Trinajstić information content (AvgIpc) is 2.83. The minimum Gasteiger partial charge on any atom is -0.478 e. The normalized spacial score (nSPS) is 16.0. The summed E-state index contributed by atoms with van der Waals surface area (Å²) in [4.78, 5) is 36.8. The molecule has 1 saturated heterocycles. The molecule has 1 heterocycles. The van der Waals surface area contributed by atoms with Gasteiger partial charge in [-0.3, -0.25) is 9.59 Å². The van der Waals surface area contributed by atoms with E-state index < -0.39 is 17.1 Å². The highest BCUT2D eigenvalue weighted by molar-refractivity contribution is 8.19. The van der Waals surface area contributed by atoms with Crippen molar-refractivity contribution >= 4 is 52.2 Å². The van der Waals surface area contributed by atoms with Gasteiger partial charge in [0.05, 0.1) is 21.2 Å². The van der Waals surface area contributed by atoms with Gasteiger partial charge in [0.25, 0.3) is 11.1 Å². The lowest BCUT2D eigenvalue weighted by atomic mass is 10.1. The molecule has 0 spiro atoms. The summed E-state index contributed by atoms with van der Waals surface area (Å²) in [7, 11) is 0. The van der Waals surface area contributed by atoms with Crippen LogP contribution in [0.3, 0.4) is 0 Å². The molecule has 0 aromatic heterocycles. The van der Waals surface area contributed by atoms with E-state index in [1.54, 1.807) is 42.5 Å². The number of para-hydroxylation sites is 1. The van der Waals surface area contributed by atoms with Gasteiger partial charge in [-0.2, -0.15) is 0 Å². The molecule has 0 aliphatic carbocycles. The molecule has 0 unspecified atom stereocenters. The highest BCUT2D eigenvalue weighted by Crippen LogP contribution is 2.38. The van der Waals surface area contributed by atoms with Crippen LogP contribution in [-0.4, -0.2) is 22.2 Å². The number of benzene rings is 2. The SMILES string of the molecule is O=C(O)c1ccc(/C=C2/SC(=O)N(c3ccccc3Cl)C2=O)cc1. The topological polar surface area (TPSA) is 74.7 Å². The molecular weight excluding hydrogens is 350 g/mol. The van der Waals surface area contributed by atoms with Crippen molar-refractivity contribution in [2.24, 2.45) is 0 Å². The molecule has 0 radical (unpaired) electrons. The molecule has 0 saturated carbocycles. The summed E-state index contributed by atoms with van der Waals surface area (Å²) in [5.41, 5.74) is 1.12. The lowest BCUT2D eigenvalue weighted by molar-refractivity contribution is -0.113. The Hall–Kier alpha value is -2.57. The van der Waals surface area contributed by atoms with Crippen LogP contribution < -0.4 is 4.90 Å². The van der Waals surface area contributed by atoms with Crippen molar-refractivity contribution in [3.05, 3.63) is 69.6 Å². The van der Waals surface area contributed by atoms with E-state index in [0.29, 0.717) is 16.3 Å². The van der Waals surface area contributed by atoms with Crippen molar-refractivity contribution in [3.63, 3.8) is 0 Å². The lowest BCUT2D eigenvalue weighted by Gasteiger charge is -2.13. The molecule has 2 amide bonds. The van der Waals surface area contributed by atoms with Crippen molar-refractivity contribution in [2.75, 3.05) is 4.90 Å². The number of nitrogens with zero attached hydrogens (tertiary/aromatic N) is 1. The van der Waals surface area contributed by atoms with Gasteiger partial charge in [-0.05, 0) is 47.7 Å². The van der Waals surface area contributed by atoms with Crippen LogP contribution >= 0.6 is 23.4 Å². The number of carbonyl (C=O) groups excluding carboxylic acids is 2. The predicted octanol–water partition coefficient (Wildman–Crippen LogP) is 4.28. The van der Waals surface area contributed by atoms with E-state index in [1.807, 2.05) is 0 Å². The number of amides is 2. The summed E-state index contributed by atoms with van der Waals surface area (Å²) in [5.74, 6) is -1.49. The summed E-state index contributed by atoms with van der Waals surface area (Å²) in [6.07, 6.45) is 1.55. The number of aromatic carboxylic acids is 1. The zero-order chi connectivity index (χ0) is 17.3. The maximum absolute atomic E-state index is 12.5. The minimum absolute atomic E-state index is 0.149. The van der Waals surface area contributed by atoms with Crippen LogP contribution in [0.2, 0.25) is 5.02 Å². The Balaban J connectivity index is 1.91. The van der Waals surface area contributed by atoms with E-state index >= 15 is 0 Å². The van der Waals surface area contributed by atoms with Gasteiger partial charge in [-0.15, -0.1) is 0 Å². The quantitative estimate of drug-likeness (QED) is 0.828. The first-order chi connectivity index (χ1) is 11.5. The van der Waals surface area contributed by atoms with Gasteiger partial charge in [0.1, 0.15) is 0 Å². The summed E-state index contributed by atoms with van der Waals surface area (Å²) >= 11 is 6.87. The molecule has 3 rings (SSSR count). The number of anilines is 1. The highest BCUT2D eigenvalue weighted by Gasteiger charge is 2.37. The molecule has 2 aromatic rings. The molecule has 1 N–H and O–H groups in total. The molecule has 0 atom stereocenters. The molecule has 24 heavy (non-hydrogen) atoms. The monoisotopic (exact) mass is 359 g/mol. The highest BCUT2D eigenvalue weighted by atomic mass is 35.5. The average molecular weight is 360 g/mol. The molecule has 1 aliphatic rings. The van der Waals surface area contributed by atoms with Crippen molar-refractivity contribution in [1.29, 1.82) is 0 Å². The van der Waals surface area contributed by atoms with Crippen LogP contribution in [0.15, 0.2) is 53.4 Å². The van der Waals surface area contributed by atoms with Crippen LogP contribution in [0.25, 0.3) is 6.08 Å². The Morgan fingerprint density at radius 1 is 1.08 bits per heavy atom. The third-order valence-corrected chi connectivity index (χ3v) is 4.53. The molecular formula is C17H10ClNO4S. The summed E-state index contributed by atoms with van der Waals surface area (Å²) in [5, 5.41) is 8.77. The van der Waals surface area contributed by atoms with Gasteiger partial charge in [0.15, 0.2) is 0 Å². The molecule has 120 valence electrons. The second kappa shape index (κ2) is 6.51. The second-order valence-corrected chi connectivity index (χ2v) is 6.30. The summed E-state index contributed by atoms with van der Waals surface area (Å²) < 4.78 is 0. The zero-order valence-electron chi connectivity index (χ0n) is 12.1. The number of rotatable bonds is 3. The summed E-state index contributed by atoms with van der Waals surface area (Å²) in [6, 6.07) is 12.6.